The Morgan fingerprint density at radius 2 is 1.71 bits per heavy atom. The average Bonchev–Trinajstić information content (AvgIpc) is 2.72. The fourth-order valence-electron chi connectivity index (χ4n) is 2.99. The van der Waals surface area contributed by atoms with Gasteiger partial charge in [-0.3, -0.25) is 0 Å². The van der Waals surface area contributed by atoms with Crippen LogP contribution in [0.3, 0.4) is 0 Å². The van der Waals surface area contributed by atoms with E-state index in [0.717, 1.165) is 9.54 Å². The molecule has 0 aliphatic heterocycles. The molecule has 0 bridgehead atoms. The smallest absolute Gasteiger partial charge is 1.00 e. The number of hydrogen-bond acceptors (Lipinski definition) is 0. The van der Waals surface area contributed by atoms with Crippen molar-refractivity contribution in [2.24, 2.45) is 5.92 Å². The van der Waals surface area contributed by atoms with Gasteiger partial charge in [0, 0.05) is 0 Å². The summed E-state index contributed by atoms with van der Waals surface area (Å²) < 4.78 is 0.916. The molecule has 1 aliphatic carbocycles. The molecule has 116 valence electrons. The second-order valence-electron chi connectivity index (χ2n) is 6.06. The zero-order chi connectivity index (χ0) is 13.8. The maximum absolute atomic E-state index is 2.53. The van der Waals surface area contributed by atoms with Crippen LogP contribution < -0.4 is 48.0 Å². The summed E-state index contributed by atoms with van der Waals surface area (Å²) in [7, 11) is 0. The monoisotopic (exact) mass is 602 g/mol. The van der Waals surface area contributed by atoms with E-state index in [0.29, 0.717) is 0 Å². The quantitative estimate of drug-likeness (QED) is 0.290. The van der Waals surface area contributed by atoms with Gasteiger partial charge in [0.2, 0.25) is 0 Å². The van der Waals surface area contributed by atoms with Crippen molar-refractivity contribution in [3.8, 4) is 0 Å². The predicted molar refractivity (Wildman–Crippen MR) is 84.7 cm³/mol. The molecule has 1 aromatic carbocycles. The first-order valence-corrected chi connectivity index (χ1v) is 15.6. The van der Waals surface area contributed by atoms with Crippen LogP contribution in [0, 0.1) is 5.92 Å². The summed E-state index contributed by atoms with van der Waals surface area (Å²) in [6, 6.07) is 12.2. The molecule has 0 saturated carbocycles. The second kappa shape index (κ2) is 11.1. The molecule has 0 aromatic heterocycles. The Morgan fingerprint density at radius 1 is 1.10 bits per heavy atom. The van der Waals surface area contributed by atoms with E-state index in [4.69, 9.17) is 0 Å². The summed E-state index contributed by atoms with van der Waals surface area (Å²) >= 11 is -0.241. The van der Waals surface area contributed by atoms with Crippen molar-refractivity contribution in [3.63, 3.8) is 0 Å². The van der Waals surface area contributed by atoms with Crippen LogP contribution in [0.2, 0.25) is 12.1 Å². The Balaban J connectivity index is 0.00000200. The van der Waals surface area contributed by atoms with Crippen molar-refractivity contribution in [2.45, 2.75) is 49.8 Å². The third-order valence-electron chi connectivity index (χ3n) is 4.05. The molecule has 0 spiro atoms. The van der Waals surface area contributed by atoms with Crippen LogP contribution >= 0.6 is 0 Å². The Kier molecular flexibility index (Phi) is 11.9. The minimum absolute atomic E-state index is 0. The van der Waals surface area contributed by atoms with E-state index in [1.54, 1.807) is 11.1 Å². The van der Waals surface area contributed by atoms with E-state index in [1.165, 1.54) is 24.1 Å². The molecule has 0 heterocycles. The summed E-state index contributed by atoms with van der Waals surface area (Å²) in [5, 5.41) is 0. The van der Waals surface area contributed by atoms with Crippen LogP contribution in [0.4, 0.5) is 0 Å². The van der Waals surface area contributed by atoms with E-state index >= 15 is 0 Å². The van der Waals surface area contributed by atoms with E-state index in [2.05, 4.69) is 58.0 Å². The third-order valence-corrected chi connectivity index (χ3v) is 20.5. The molecule has 0 nitrogen and oxygen atoms in total. The minimum atomic E-state index is -0.359. The summed E-state index contributed by atoms with van der Waals surface area (Å²) in [5.74, 6) is 0.438. The van der Waals surface area contributed by atoms with Crippen LogP contribution in [-0.2, 0) is 22.4 Å². The van der Waals surface area contributed by atoms with Crippen LogP contribution in [0.1, 0.15) is 48.9 Å². The number of fused-ring (bicyclic) bond motifs is 1. The molecule has 21 heavy (non-hydrogen) atoms. The average molecular weight is 604 g/mol. The predicted octanol–water partition coefficient (Wildman–Crippen LogP) is -0.975. The number of benzene rings is 1. The van der Waals surface area contributed by atoms with Gasteiger partial charge in [-0.15, -0.1) is 0 Å². The zero-order valence-electron chi connectivity index (χ0n) is 13.5. The normalized spacial score (nSPS) is 15.9. The van der Waals surface area contributed by atoms with Crippen molar-refractivity contribution < 1.29 is 70.3 Å². The van der Waals surface area contributed by atoms with Gasteiger partial charge in [-0.1, -0.05) is 0 Å². The number of hydrogen-bond donors (Lipinski definition) is 0. The molecule has 2 rings (SSSR count). The van der Waals surface area contributed by atoms with E-state index in [9.17, 15) is 0 Å². The molecule has 0 amide bonds. The molecule has 0 N–H and O–H groups in total. The summed E-state index contributed by atoms with van der Waals surface area (Å²) in [4.78, 5) is 0. The van der Waals surface area contributed by atoms with Gasteiger partial charge in [0.05, 0.1) is 0 Å². The molecule has 1 atom stereocenters. The largest absolute Gasteiger partial charge is 1.00 e. The Hall–Kier alpha value is 1.52. The molecule has 1 aliphatic rings. The molecule has 1 aromatic rings. The van der Waals surface area contributed by atoms with Crippen LogP contribution in [0.5, 0.6) is 0 Å². The van der Waals surface area contributed by atoms with Gasteiger partial charge in [-0.2, -0.15) is 0 Å². The first kappa shape index (κ1) is 22.5. The van der Waals surface area contributed by atoms with Gasteiger partial charge in [-0.05, 0) is 0 Å². The fourth-order valence-corrected chi connectivity index (χ4v) is 15.9. The Morgan fingerprint density at radius 3 is 2.29 bits per heavy atom. The van der Waals surface area contributed by atoms with Crippen molar-refractivity contribution in [3.05, 3.63) is 41.0 Å². The van der Waals surface area contributed by atoms with E-state index < -0.39 is 0 Å². The number of allylic oxidation sites excluding steroid dienone is 1. The Bertz CT molecular complexity index is 456. The van der Waals surface area contributed by atoms with E-state index in [1.807, 2.05) is 0 Å². The number of rotatable bonds is 6. The standard InChI is InChI=1S/C13H15.C4H11Si.2HI.Zr/c1-10(2)7-11-8-12-5-3-4-6-13(12)9-11;1-3-5-4-2;;;/h3-6,8-10H,7H2,1-2H3;5H,3-4H2,1-2H3;2*1H;/q;;;;+2/p-2. The van der Waals surface area contributed by atoms with Crippen molar-refractivity contribution >= 4 is 12.0 Å². The minimum Gasteiger partial charge on any atom is -1.00 e. The molecule has 1 unspecified atom stereocenters. The summed E-state index contributed by atoms with van der Waals surface area (Å²) in [5.41, 5.74) is 5.00. The van der Waals surface area contributed by atoms with Gasteiger partial charge < -0.3 is 48.0 Å². The zero-order valence-corrected chi connectivity index (χ0v) is 21.4. The summed E-state index contributed by atoms with van der Waals surface area (Å²) in [6.07, 6.45) is 3.84. The summed E-state index contributed by atoms with van der Waals surface area (Å²) in [6.45, 7) is 9.60. The first-order valence-electron chi connectivity index (χ1n) is 7.71. The molecular weight excluding hydrogens is 577 g/mol. The van der Waals surface area contributed by atoms with Crippen LogP contribution in [0.15, 0.2) is 29.8 Å². The third kappa shape index (κ3) is 6.15. The molecular formula is C17H26I2SiZr. The van der Waals surface area contributed by atoms with Gasteiger partial charge in [-0.25, -0.2) is 0 Å². The SMILES string of the molecule is CC[SiH](CC)[Zr+2][CH]1C(CC(C)C)=Cc2ccccc21.[I-].[I-]. The fraction of sp³-hybridized carbons (Fsp3) is 0.529. The topological polar surface area (TPSA) is 0 Å². The second-order valence-corrected chi connectivity index (χ2v) is 19.3. The van der Waals surface area contributed by atoms with Crippen molar-refractivity contribution in [1.29, 1.82) is 0 Å². The maximum atomic E-state index is 2.53. The van der Waals surface area contributed by atoms with Gasteiger partial charge in [0.15, 0.2) is 0 Å². The Labute approximate surface area is 177 Å². The molecule has 4 heteroatoms. The molecule has 0 fully saturated rings. The molecule has 0 saturated heterocycles. The number of halogens is 2. The van der Waals surface area contributed by atoms with Gasteiger partial charge >= 0.3 is 131 Å². The van der Waals surface area contributed by atoms with Gasteiger partial charge in [0.1, 0.15) is 0 Å². The maximum Gasteiger partial charge on any atom is -1.00 e. The van der Waals surface area contributed by atoms with E-state index in [-0.39, 0.29) is 76.3 Å². The molecule has 0 radical (unpaired) electrons. The van der Waals surface area contributed by atoms with Crippen molar-refractivity contribution in [2.75, 3.05) is 0 Å². The van der Waals surface area contributed by atoms with Crippen LogP contribution in [-0.4, -0.2) is 5.92 Å². The van der Waals surface area contributed by atoms with Crippen molar-refractivity contribution in [1.82, 2.24) is 0 Å². The van der Waals surface area contributed by atoms with Gasteiger partial charge in [0.25, 0.3) is 0 Å². The van der Waals surface area contributed by atoms with Crippen LogP contribution in [0.25, 0.3) is 6.08 Å². The first-order chi connectivity index (χ1) is 9.15.